The fraction of sp³-hybridized carbons (Fsp3) is 0.182. The van der Waals surface area contributed by atoms with Gasteiger partial charge in [-0.3, -0.25) is 0 Å². The predicted molar refractivity (Wildman–Crippen MR) is 71.6 cm³/mol. The van der Waals surface area contributed by atoms with Crippen LogP contribution in [0.4, 0.5) is 10.8 Å². The number of nitriles is 1. The molecule has 0 radical (unpaired) electrons. The van der Waals surface area contributed by atoms with Crippen LogP contribution in [0.15, 0.2) is 22.0 Å². The van der Waals surface area contributed by atoms with Crippen LogP contribution in [0, 0.1) is 18.3 Å². The number of aryl methyl sites for hydroxylation is 1. The zero-order valence-corrected chi connectivity index (χ0v) is 11.7. The predicted octanol–water partition coefficient (Wildman–Crippen LogP) is 3.25. The number of thiophene rings is 1. The van der Waals surface area contributed by atoms with Gasteiger partial charge in [0.1, 0.15) is 23.4 Å². The lowest BCUT2D eigenvalue weighted by Crippen LogP contribution is -2.11. The van der Waals surface area contributed by atoms with Crippen LogP contribution in [0.2, 0.25) is 0 Å². The van der Waals surface area contributed by atoms with E-state index in [1.807, 2.05) is 30.1 Å². The summed E-state index contributed by atoms with van der Waals surface area (Å²) in [6.07, 6.45) is 0. The number of aromatic nitrogens is 2. The first kappa shape index (κ1) is 12.0. The monoisotopic (exact) mass is 308 g/mol. The van der Waals surface area contributed by atoms with Crippen LogP contribution in [-0.4, -0.2) is 17.0 Å². The van der Waals surface area contributed by atoms with Crippen molar-refractivity contribution in [2.24, 2.45) is 0 Å². The van der Waals surface area contributed by atoms with Gasteiger partial charge in [0.15, 0.2) is 0 Å². The molecule has 0 atom stereocenters. The maximum atomic E-state index is 8.88. The maximum absolute atomic E-state index is 8.88. The van der Waals surface area contributed by atoms with E-state index in [0.717, 1.165) is 14.6 Å². The Hall–Kier alpha value is -1.45. The van der Waals surface area contributed by atoms with E-state index >= 15 is 0 Å². The fourth-order valence-corrected chi connectivity index (χ4v) is 2.71. The zero-order chi connectivity index (χ0) is 12.4. The molecule has 2 aromatic rings. The van der Waals surface area contributed by atoms with Crippen molar-refractivity contribution >= 4 is 38.1 Å². The summed E-state index contributed by atoms with van der Waals surface area (Å²) in [7, 11) is 1.92. The van der Waals surface area contributed by atoms with Crippen molar-refractivity contribution in [3.05, 3.63) is 33.5 Å². The summed E-state index contributed by atoms with van der Waals surface area (Å²) in [5.74, 6) is 1.32. The molecule has 0 saturated carbocycles. The molecule has 0 unspecified atom stereocenters. The Morgan fingerprint density at radius 1 is 1.41 bits per heavy atom. The molecular weight excluding hydrogens is 300 g/mol. The standard InChI is InChI=1S/C11H9BrN4S/c1-7-14-8(6-13)5-10(15-7)16(2)11-4-3-9(12)17-11/h3-5H,1-2H3. The van der Waals surface area contributed by atoms with Crippen molar-refractivity contribution in [1.82, 2.24) is 9.97 Å². The molecule has 0 saturated heterocycles. The Morgan fingerprint density at radius 3 is 2.76 bits per heavy atom. The van der Waals surface area contributed by atoms with E-state index in [2.05, 4.69) is 25.9 Å². The molecule has 4 nitrogen and oxygen atoms in total. The summed E-state index contributed by atoms with van der Waals surface area (Å²) in [6, 6.07) is 7.70. The molecular formula is C11H9BrN4S. The van der Waals surface area contributed by atoms with Gasteiger partial charge < -0.3 is 4.90 Å². The molecule has 2 aromatic heterocycles. The molecule has 0 fully saturated rings. The van der Waals surface area contributed by atoms with Gasteiger partial charge in [-0.1, -0.05) is 0 Å². The summed E-state index contributed by atoms with van der Waals surface area (Å²) in [5, 5.41) is 9.93. The molecule has 0 amide bonds. The minimum absolute atomic E-state index is 0.384. The molecule has 0 aromatic carbocycles. The van der Waals surface area contributed by atoms with Gasteiger partial charge in [0.05, 0.1) is 8.79 Å². The van der Waals surface area contributed by atoms with Crippen molar-refractivity contribution in [2.45, 2.75) is 6.92 Å². The van der Waals surface area contributed by atoms with E-state index in [-0.39, 0.29) is 0 Å². The van der Waals surface area contributed by atoms with E-state index in [0.29, 0.717) is 11.5 Å². The first-order valence-electron chi connectivity index (χ1n) is 4.85. The highest BCUT2D eigenvalue weighted by atomic mass is 79.9. The Kier molecular flexibility index (Phi) is 3.41. The number of hydrogen-bond acceptors (Lipinski definition) is 5. The minimum Gasteiger partial charge on any atom is -0.321 e. The molecule has 0 aliphatic heterocycles. The smallest absolute Gasteiger partial charge is 0.146 e. The van der Waals surface area contributed by atoms with Crippen molar-refractivity contribution < 1.29 is 0 Å². The Bertz CT molecular complexity index is 587. The van der Waals surface area contributed by atoms with Gasteiger partial charge in [-0.05, 0) is 35.0 Å². The quantitative estimate of drug-likeness (QED) is 0.854. The number of nitrogens with zero attached hydrogens (tertiary/aromatic N) is 4. The number of hydrogen-bond donors (Lipinski definition) is 0. The molecule has 6 heteroatoms. The number of halogens is 1. The summed E-state index contributed by atoms with van der Waals surface area (Å²) in [4.78, 5) is 10.3. The number of rotatable bonds is 2. The second kappa shape index (κ2) is 4.82. The summed E-state index contributed by atoms with van der Waals surface area (Å²) in [5.41, 5.74) is 0.384. The Morgan fingerprint density at radius 2 is 2.18 bits per heavy atom. The highest BCUT2D eigenvalue weighted by Gasteiger charge is 2.10. The van der Waals surface area contributed by atoms with Crippen LogP contribution in [0.3, 0.4) is 0 Å². The fourth-order valence-electron chi connectivity index (χ4n) is 1.38. The average Bonchev–Trinajstić information content (AvgIpc) is 2.74. The van der Waals surface area contributed by atoms with Crippen molar-refractivity contribution in [3.8, 4) is 6.07 Å². The highest BCUT2D eigenvalue weighted by Crippen LogP contribution is 2.32. The Balaban J connectivity index is 2.40. The summed E-state index contributed by atoms with van der Waals surface area (Å²) >= 11 is 5.03. The van der Waals surface area contributed by atoms with E-state index in [9.17, 15) is 0 Å². The van der Waals surface area contributed by atoms with Gasteiger partial charge >= 0.3 is 0 Å². The van der Waals surface area contributed by atoms with E-state index in [1.54, 1.807) is 24.3 Å². The molecule has 0 spiro atoms. The number of anilines is 2. The average molecular weight is 309 g/mol. The maximum Gasteiger partial charge on any atom is 0.146 e. The van der Waals surface area contributed by atoms with Crippen LogP contribution in [0.25, 0.3) is 0 Å². The summed E-state index contributed by atoms with van der Waals surface area (Å²) < 4.78 is 1.06. The van der Waals surface area contributed by atoms with Crippen LogP contribution in [-0.2, 0) is 0 Å². The molecule has 0 aliphatic rings. The van der Waals surface area contributed by atoms with E-state index in [4.69, 9.17) is 5.26 Å². The zero-order valence-electron chi connectivity index (χ0n) is 9.31. The molecule has 86 valence electrons. The largest absolute Gasteiger partial charge is 0.321 e. The third-order valence-corrected chi connectivity index (χ3v) is 3.87. The normalized spacial score (nSPS) is 10.0. The van der Waals surface area contributed by atoms with E-state index in [1.165, 1.54) is 0 Å². The van der Waals surface area contributed by atoms with Gasteiger partial charge in [0.25, 0.3) is 0 Å². The minimum atomic E-state index is 0.384. The first-order valence-corrected chi connectivity index (χ1v) is 6.46. The molecule has 2 heterocycles. The molecule has 0 N–H and O–H groups in total. The van der Waals surface area contributed by atoms with Crippen LogP contribution in [0.5, 0.6) is 0 Å². The lowest BCUT2D eigenvalue weighted by molar-refractivity contribution is 1.00. The second-order valence-electron chi connectivity index (χ2n) is 3.41. The van der Waals surface area contributed by atoms with Crippen molar-refractivity contribution in [1.29, 1.82) is 5.26 Å². The third kappa shape index (κ3) is 2.62. The van der Waals surface area contributed by atoms with Crippen LogP contribution < -0.4 is 4.90 Å². The topological polar surface area (TPSA) is 52.8 Å². The van der Waals surface area contributed by atoms with Crippen molar-refractivity contribution in [2.75, 3.05) is 11.9 Å². The first-order chi connectivity index (χ1) is 8.10. The second-order valence-corrected chi connectivity index (χ2v) is 5.85. The Labute approximate surface area is 112 Å². The lowest BCUT2D eigenvalue weighted by atomic mass is 10.4. The van der Waals surface area contributed by atoms with Crippen molar-refractivity contribution in [3.63, 3.8) is 0 Å². The molecule has 17 heavy (non-hydrogen) atoms. The molecule has 2 rings (SSSR count). The highest BCUT2D eigenvalue weighted by molar-refractivity contribution is 9.11. The van der Waals surface area contributed by atoms with Gasteiger partial charge in [-0.25, -0.2) is 9.97 Å². The van der Waals surface area contributed by atoms with Crippen LogP contribution in [0.1, 0.15) is 11.5 Å². The van der Waals surface area contributed by atoms with E-state index < -0.39 is 0 Å². The SMILES string of the molecule is Cc1nc(C#N)cc(N(C)c2ccc(Br)s2)n1. The molecule has 0 bridgehead atoms. The molecule has 0 aliphatic carbocycles. The van der Waals surface area contributed by atoms with Crippen LogP contribution >= 0.6 is 27.3 Å². The third-order valence-electron chi connectivity index (χ3n) is 2.17. The van der Waals surface area contributed by atoms with Gasteiger partial charge in [0.2, 0.25) is 0 Å². The summed E-state index contributed by atoms with van der Waals surface area (Å²) in [6.45, 7) is 1.78. The lowest BCUT2D eigenvalue weighted by Gasteiger charge is -2.16. The van der Waals surface area contributed by atoms with Gasteiger partial charge in [-0.2, -0.15) is 5.26 Å². The van der Waals surface area contributed by atoms with Gasteiger partial charge in [-0.15, -0.1) is 11.3 Å². The van der Waals surface area contributed by atoms with Gasteiger partial charge in [0, 0.05) is 13.1 Å².